The summed E-state index contributed by atoms with van der Waals surface area (Å²) in [4.78, 5) is 0. The van der Waals surface area contributed by atoms with Gasteiger partial charge in [0.05, 0.1) is 18.0 Å². The fourth-order valence-corrected chi connectivity index (χ4v) is 5.47. The van der Waals surface area contributed by atoms with Gasteiger partial charge >= 0.3 is 10.1 Å². The van der Waals surface area contributed by atoms with Crippen molar-refractivity contribution in [1.29, 1.82) is 0 Å². The van der Waals surface area contributed by atoms with Crippen LogP contribution in [0.15, 0.2) is 57.5 Å². The molecule has 6 nitrogen and oxygen atoms in total. The van der Waals surface area contributed by atoms with E-state index in [4.69, 9.17) is 13.7 Å². The van der Waals surface area contributed by atoms with E-state index < -0.39 is 10.1 Å². The first kappa shape index (κ1) is 25.6. The minimum atomic E-state index is -3.52. The van der Waals surface area contributed by atoms with Crippen LogP contribution in [0.2, 0.25) is 0 Å². The molecule has 0 bridgehead atoms. The van der Waals surface area contributed by atoms with Gasteiger partial charge in [-0.3, -0.25) is 0 Å². The molecular formula is C23H28Br2O6S. The summed E-state index contributed by atoms with van der Waals surface area (Å²) in [5, 5.41) is 9.51. The molecule has 0 spiro atoms. The SMILES string of the molecule is O=S(=O)(CC1CCOCC1)Oc1ccc(Br)cc1.OC1CCOC(c2ccc(Br)cc2)C1. The Morgan fingerprint density at radius 3 is 2.09 bits per heavy atom. The van der Waals surface area contributed by atoms with Crippen LogP contribution >= 0.6 is 31.9 Å². The van der Waals surface area contributed by atoms with Gasteiger partial charge in [0.2, 0.25) is 0 Å². The molecule has 0 aliphatic carbocycles. The van der Waals surface area contributed by atoms with Crippen LogP contribution in [0.1, 0.15) is 37.4 Å². The number of hydrogen-bond donors (Lipinski definition) is 1. The number of benzene rings is 2. The highest BCUT2D eigenvalue weighted by molar-refractivity contribution is 9.10. The van der Waals surface area contributed by atoms with Crippen molar-refractivity contribution in [1.82, 2.24) is 0 Å². The summed E-state index contributed by atoms with van der Waals surface area (Å²) in [6.07, 6.45) is 2.88. The lowest BCUT2D eigenvalue weighted by Crippen LogP contribution is -2.26. The number of hydrogen-bond acceptors (Lipinski definition) is 6. The first-order chi connectivity index (χ1) is 15.3. The Morgan fingerprint density at radius 2 is 1.50 bits per heavy atom. The van der Waals surface area contributed by atoms with Crippen molar-refractivity contribution in [3.05, 3.63) is 63.0 Å². The smallest absolute Gasteiger partial charge is 0.309 e. The summed E-state index contributed by atoms with van der Waals surface area (Å²) in [5.74, 6) is 0.552. The highest BCUT2D eigenvalue weighted by Gasteiger charge is 2.23. The number of halogens is 2. The third-order valence-electron chi connectivity index (χ3n) is 5.32. The number of aliphatic hydroxyl groups excluding tert-OH is 1. The van der Waals surface area contributed by atoms with Gasteiger partial charge in [0.15, 0.2) is 0 Å². The van der Waals surface area contributed by atoms with Gasteiger partial charge < -0.3 is 18.8 Å². The molecule has 2 aliphatic heterocycles. The molecule has 9 heteroatoms. The molecule has 0 radical (unpaired) electrons. The van der Waals surface area contributed by atoms with E-state index in [1.165, 1.54) is 0 Å². The molecule has 2 fully saturated rings. The Kier molecular flexibility index (Phi) is 10.0. The summed E-state index contributed by atoms with van der Waals surface area (Å²) in [6, 6.07) is 14.8. The average Bonchev–Trinajstić information content (AvgIpc) is 2.77. The first-order valence-electron chi connectivity index (χ1n) is 10.6. The maximum absolute atomic E-state index is 11.9. The van der Waals surface area contributed by atoms with E-state index in [1.54, 1.807) is 24.3 Å². The van der Waals surface area contributed by atoms with E-state index in [0.29, 0.717) is 32.0 Å². The minimum absolute atomic E-state index is 0.0619. The zero-order valence-corrected chi connectivity index (χ0v) is 21.6. The molecule has 0 aromatic heterocycles. The van der Waals surface area contributed by atoms with Crippen LogP contribution in [0.5, 0.6) is 5.75 Å². The van der Waals surface area contributed by atoms with Crippen molar-refractivity contribution >= 4 is 42.0 Å². The largest absolute Gasteiger partial charge is 0.393 e. The molecule has 0 saturated carbocycles. The van der Waals surface area contributed by atoms with Crippen molar-refractivity contribution in [3.8, 4) is 5.75 Å². The standard InChI is InChI=1S/C12H15BrO4S.C11H13BrO2/c13-11-1-3-12(4-2-11)17-18(14,15)9-10-5-7-16-8-6-10;12-9-3-1-8(2-4-9)11-7-10(13)5-6-14-11/h1-4,10H,5-9H2;1-4,10-11,13H,5-7H2. The molecule has 1 N–H and O–H groups in total. The van der Waals surface area contributed by atoms with Crippen molar-refractivity contribution < 1.29 is 27.2 Å². The zero-order valence-electron chi connectivity index (χ0n) is 17.7. The maximum atomic E-state index is 11.9. The average molecular weight is 592 g/mol. The second-order valence-corrected chi connectivity index (χ2v) is 11.4. The first-order valence-corrected chi connectivity index (χ1v) is 13.8. The second-order valence-electron chi connectivity index (χ2n) is 7.91. The van der Waals surface area contributed by atoms with Gasteiger partial charge in [0.1, 0.15) is 5.75 Å². The minimum Gasteiger partial charge on any atom is -0.393 e. The van der Waals surface area contributed by atoms with Crippen LogP contribution in [-0.2, 0) is 19.6 Å². The van der Waals surface area contributed by atoms with Gasteiger partial charge in [0.25, 0.3) is 0 Å². The van der Waals surface area contributed by atoms with Crippen LogP contribution in [-0.4, -0.2) is 45.2 Å². The van der Waals surface area contributed by atoms with E-state index in [2.05, 4.69) is 31.9 Å². The van der Waals surface area contributed by atoms with Crippen LogP contribution in [0.4, 0.5) is 0 Å². The third kappa shape index (κ3) is 8.76. The number of rotatable bonds is 5. The Balaban J connectivity index is 0.000000186. The molecule has 2 heterocycles. The van der Waals surface area contributed by atoms with Crippen molar-refractivity contribution in [3.63, 3.8) is 0 Å². The topological polar surface area (TPSA) is 82.1 Å². The zero-order chi connectivity index (χ0) is 23.0. The molecule has 2 unspecified atom stereocenters. The third-order valence-corrected chi connectivity index (χ3v) is 7.70. The van der Waals surface area contributed by atoms with Crippen molar-refractivity contribution in [2.24, 2.45) is 5.92 Å². The van der Waals surface area contributed by atoms with E-state index in [0.717, 1.165) is 33.8 Å². The fourth-order valence-electron chi connectivity index (χ4n) is 3.56. The summed E-state index contributed by atoms with van der Waals surface area (Å²) in [5.41, 5.74) is 1.15. The Bertz CT molecular complexity index is 928. The monoisotopic (exact) mass is 590 g/mol. The quantitative estimate of drug-likeness (QED) is 0.479. The molecule has 4 rings (SSSR count). The summed E-state index contributed by atoms with van der Waals surface area (Å²) >= 11 is 6.68. The predicted molar refractivity (Wildman–Crippen MR) is 130 cm³/mol. The van der Waals surface area contributed by atoms with E-state index in [-0.39, 0.29) is 23.9 Å². The lowest BCUT2D eigenvalue weighted by molar-refractivity contribution is -0.0447. The second kappa shape index (κ2) is 12.5. The Hall–Kier alpha value is -0.970. The summed E-state index contributed by atoms with van der Waals surface area (Å²) in [7, 11) is -3.52. The number of aliphatic hydroxyl groups is 1. The molecular weight excluding hydrogens is 564 g/mol. The van der Waals surface area contributed by atoms with Gasteiger partial charge in [-0.05, 0) is 67.1 Å². The number of ether oxygens (including phenoxy) is 2. The van der Waals surface area contributed by atoms with E-state index in [1.807, 2.05) is 24.3 Å². The van der Waals surface area contributed by atoms with Crippen molar-refractivity contribution in [2.45, 2.75) is 37.9 Å². The highest BCUT2D eigenvalue weighted by atomic mass is 79.9. The van der Waals surface area contributed by atoms with E-state index in [9.17, 15) is 13.5 Å². The van der Waals surface area contributed by atoms with Gasteiger partial charge in [-0.2, -0.15) is 8.42 Å². The highest BCUT2D eigenvalue weighted by Crippen LogP contribution is 2.28. The normalized spacial score (nSPS) is 22.0. The van der Waals surface area contributed by atoms with Crippen LogP contribution < -0.4 is 4.18 Å². The van der Waals surface area contributed by atoms with Gasteiger partial charge in [-0.15, -0.1) is 0 Å². The molecule has 2 aromatic carbocycles. The lowest BCUT2D eigenvalue weighted by Gasteiger charge is -2.26. The van der Waals surface area contributed by atoms with Crippen LogP contribution in [0, 0.1) is 5.92 Å². The maximum Gasteiger partial charge on any atom is 0.309 e. The Morgan fingerprint density at radius 1 is 0.906 bits per heavy atom. The predicted octanol–water partition coefficient (Wildman–Crippen LogP) is 5.25. The molecule has 2 saturated heterocycles. The molecule has 32 heavy (non-hydrogen) atoms. The van der Waals surface area contributed by atoms with Gasteiger partial charge in [0, 0.05) is 35.2 Å². The summed E-state index contributed by atoms with van der Waals surface area (Å²) < 4.78 is 41.6. The fraction of sp³-hybridized carbons (Fsp3) is 0.478. The molecule has 2 aromatic rings. The molecule has 2 aliphatic rings. The van der Waals surface area contributed by atoms with Gasteiger partial charge in [-0.1, -0.05) is 44.0 Å². The van der Waals surface area contributed by atoms with E-state index >= 15 is 0 Å². The van der Waals surface area contributed by atoms with Crippen molar-refractivity contribution in [2.75, 3.05) is 25.6 Å². The summed E-state index contributed by atoms with van der Waals surface area (Å²) in [6.45, 7) is 1.93. The van der Waals surface area contributed by atoms with Gasteiger partial charge in [-0.25, -0.2) is 0 Å². The lowest BCUT2D eigenvalue weighted by atomic mass is 10.00. The molecule has 2 atom stereocenters. The Labute approximate surface area is 206 Å². The molecule has 176 valence electrons. The van der Waals surface area contributed by atoms with Crippen LogP contribution in [0.3, 0.4) is 0 Å². The van der Waals surface area contributed by atoms with Crippen LogP contribution in [0.25, 0.3) is 0 Å². The molecule has 0 amide bonds.